The minimum absolute atomic E-state index is 0.107. The lowest BCUT2D eigenvalue weighted by Gasteiger charge is -2.25. The Balaban J connectivity index is 2.57. The molecule has 2 aromatic carbocycles. The minimum atomic E-state index is -5.08. The summed E-state index contributed by atoms with van der Waals surface area (Å²) in [6.45, 7) is -0.772. The van der Waals surface area contributed by atoms with E-state index in [0.717, 1.165) is 0 Å². The number of benzene rings is 2. The van der Waals surface area contributed by atoms with Crippen LogP contribution in [0.2, 0.25) is 0 Å². The van der Waals surface area contributed by atoms with Crippen LogP contribution in [-0.4, -0.2) is 23.4 Å². The van der Waals surface area contributed by atoms with E-state index in [2.05, 4.69) is 0 Å². The smallest absolute Gasteiger partial charge is 0.289 e. The second-order valence-corrected chi connectivity index (χ2v) is 5.28. The standard InChI is InChI=1S/C17H14F3NO3/c18-17(19,20)16(22)15(13-9-5-2-6-10-13)14(11-21(23)24)12-7-3-1-4-8-12/h1-10,14-15H,11H2/t14-,15+/m0/s1. The third-order valence-electron chi connectivity index (χ3n) is 3.70. The third kappa shape index (κ3) is 4.18. The van der Waals surface area contributed by atoms with Crippen molar-refractivity contribution >= 4 is 5.78 Å². The molecule has 2 rings (SSSR count). The third-order valence-corrected chi connectivity index (χ3v) is 3.70. The molecule has 0 spiro atoms. The molecule has 2 atom stereocenters. The Bertz CT molecular complexity index is 702. The van der Waals surface area contributed by atoms with Crippen molar-refractivity contribution < 1.29 is 22.9 Å². The fourth-order valence-corrected chi connectivity index (χ4v) is 2.67. The van der Waals surface area contributed by atoms with Gasteiger partial charge in [0.25, 0.3) is 0 Å². The van der Waals surface area contributed by atoms with Gasteiger partial charge in [-0.2, -0.15) is 13.2 Å². The molecule has 0 aliphatic rings. The van der Waals surface area contributed by atoms with Crippen LogP contribution in [0.5, 0.6) is 0 Å². The molecule has 0 amide bonds. The lowest BCUT2D eigenvalue weighted by molar-refractivity contribution is -0.483. The second-order valence-electron chi connectivity index (χ2n) is 5.28. The topological polar surface area (TPSA) is 60.2 Å². The van der Waals surface area contributed by atoms with Crippen molar-refractivity contribution in [3.63, 3.8) is 0 Å². The number of nitro groups is 1. The van der Waals surface area contributed by atoms with E-state index in [4.69, 9.17) is 0 Å². The Morgan fingerprint density at radius 3 is 1.83 bits per heavy atom. The number of nitrogens with zero attached hydrogens (tertiary/aromatic N) is 1. The summed E-state index contributed by atoms with van der Waals surface area (Å²) in [6, 6.07) is 15.1. The van der Waals surface area contributed by atoms with Crippen molar-refractivity contribution in [2.24, 2.45) is 0 Å². The Labute approximate surface area is 136 Å². The molecular formula is C17H14F3NO3. The molecule has 0 aliphatic carbocycles. The van der Waals surface area contributed by atoms with Crippen molar-refractivity contribution in [2.45, 2.75) is 18.0 Å². The molecule has 0 radical (unpaired) electrons. The quantitative estimate of drug-likeness (QED) is 0.592. The normalized spacial score (nSPS) is 14.0. The molecule has 126 valence electrons. The molecule has 4 nitrogen and oxygen atoms in total. The fourth-order valence-electron chi connectivity index (χ4n) is 2.67. The highest BCUT2D eigenvalue weighted by molar-refractivity contribution is 5.91. The fraction of sp³-hybridized carbons (Fsp3) is 0.235. The first-order valence-corrected chi connectivity index (χ1v) is 7.13. The van der Waals surface area contributed by atoms with E-state index in [1.807, 2.05) is 0 Å². The van der Waals surface area contributed by atoms with Gasteiger partial charge in [-0.1, -0.05) is 60.7 Å². The second kappa shape index (κ2) is 7.25. The van der Waals surface area contributed by atoms with E-state index >= 15 is 0 Å². The first-order chi connectivity index (χ1) is 11.3. The SMILES string of the molecule is O=C([C@H](c1ccccc1)[C@@H](C[N+](=O)[O-])c1ccccc1)C(F)(F)F. The number of alkyl halides is 3. The number of hydrogen-bond acceptors (Lipinski definition) is 3. The van der Waals surface area contributed by atoms with Gasteiger partial charge in [-0.25, -0.2) is 0 Å². The summed E-state index contributed by atoms with van der Waals surface area (Å²) < 4.78 is 39.2. The van der Waals surface area contributed by atoms with Gasteiger partial charge in [0.1, 0.15) is 0 Å². The van der Waals surface area contributed by atoms with Crippen molar-refractivity contribution in [2.75, 3.05) is 6.54 Å². The molecule has 0 saturated heterocycles. The molecule has 0 bridgehead atoms. The van der Waals surface area contributed by atoms with Crippen LogP contribution in [0.3, 0.4) is 0 Å². The monoisotopic (exact) mass is 337 g/mol. The van der Waals surface area contributed by atoms with Crippen LogP contribution in [0, 0.1) is 10.1 Å². The largest absolute Gasteiger partial charge is 0.450 e. The molecule has 0 saturated carbocycles. The Hall–Kier alpha value is -2.70. The summed E-state index contributed by atoms with van der Waals surface area (Å²) in [5.74, 6) is -4.86. The Kier molecular flexibility index (Phi) is 5.33. The van der Waals surface area contributed by atoms with E-state index in [0.29, 0.717) is 5.56 Å². The summed E-state index contributed by atoms with van der Waals surface area (Å²) >= 11 is 0. The number of carbonyl (C=O) groups is 1. The van der Waals surface area contributed by atoms with E-state index in [1.165, 1.54) is 36.4 Å². The number of hydrogen-bond donors (Lipinski definition) is 0. The summed E-state index contributed by atoms with van der Waals surface area (Å²) in [4.78, 5) is 22.3. The summed E-state index contributed by atoms with van der Waals surface area (Å²) in [5, 5.41) is 11.0. The van der Waals surface area contributed by atoms with Crippen LogP contribution >= 0.6 is 0 Å². The van der Waals surface area contributed by atoms with E-state index in [-0.39, 0.29) is 5.56 Å². The van der Waals surface area contributed by atoms with Gasteiger partial charge in [-0.15, -0.1) is 0 Å². The zero-order valence-corrected chi connectivity index (χ0v) is 12.4. The molecule has 0 unspecified atom stereocenters. The average molecular weight is 337 g/mol. The minimum Gasteiger partial charge on any atom is -0.289 e. The molecule has 0 aromatic heterocycles. The van der Waals surface area contributed by atoms with Crippen molar-refractivity contribution in [3.8, 4) is 0 Å². The van der Waals surface area contributed by atoms with Crippen LogP contribution in [0.1, 0.15) is 23.0 Å². The van der Waals surface area contributed by atoms with Crippen LogP contribution < -0.4 is 0 Å². The number of rotatable bonds is 6. The van der Waals surface area contributed by atoms with Crippen LogP contribution in [-0.2, 0) is 4.79 Å². The number of carbonyl (C=O) groups excluding carboxylic acids is 1. The average Bonchev–Trinajstić information content (AvgIpc) is 2.55. The van der Waals surface area contributed by atoms with Gasteiger partial charge in [0.05, 0.1) is 11.8 Å². The maximum absolute atomic E-state index is 13.1. The molecule has 0 fully saturated rings. The lowest BCUT2D eigenvalue weighted by Crippen LogP contribution is -2.35. The maximum atomic E-state index is 13.1. The van der Waals surface area contributed by atoms with Crippen LogP contribution in [0.15, 0.2) is 60.7 Å². The van der Waals surface area contributed by atoms with E-state index in [1.54, 1.807) is 24.3 Å². The van der Waals surface area contributed by atoms with Crippen molar-refractivity contribution in [3.05, 3.63) is 81.9 Å². The predicted molar refractivity (Wildman–Crippen MR) is 81.3 cm³/mol. The van der Waals surface area contributed by atoms with Crippen LogP contribution in [0.4, 0.5) is 13.2 Å². The molecule has 7 heteroatoms. The first kappa shape index (κ1) is 17.7. The molecular weight excluding hydrogens is 323 g/mol. The first-order valence-electron chi connectivity index (χ1n) is 7.13. The van der Waals surface area contributed by atoms with Gasteiger partial charge in [0.15, 0.2) is 0 Å². The predicted octanol–water partition coefficient (Wildman–Crippen LogP) is 3.96. The molecule has 0 N–H and O–H groups in total. The molecule has 24 heavy (non-hydrogen) atoms. The highest BCUT2D eigenvalue weighted by Crippen LogP contribution is 2.38. The molecule has 0 heterocycles. The van der Waals surface area contributed by atoms with Crippen molar-refractivity contribution in [1.29, 1.82) is 0 Å². The van der Waals surface area contributed by atoms with Gasteiger partial charge in [0, 0.05) is 4.92 Å². The highest BCUT2D eigenvalue weighted by atomic mass is 19.4. The van der Waals surface area contributed by atoms with Gasteiger partial charge in [-0.3, -0.25) is 14.9 Å². The zero-order chi connectivity index (χ0) is 17.7. The van der Waals surface area contributed by atoms with Crippen LogP contribution in [0.25, 0.3) is 0 Å². The lowest BCUT2D eigenvalue weighted by atomic mass is 9.78. The molecule has 2 aromatic rings. The van der Waals surface area contributed by atoms with Crippen molar-refractivity contribution in [1.82, 2.24) is 0 Å². The van der Waals surface area contributed by atoms with E-state index in [9.17, 15) is 28.1 Å². The Morgan fingerprint density at radius 1 is 0.958 bits per heavy atom. The summed E-state index contributed by atoms with van der Waals surface area (Å²) in [5.41, 5.74) is 0.427. The molecule has 0 aliphatic heterocycles. The van der Waals surface area contributed by atoms with Gasteiger partial charge < -0.3 is 0 Å². The van der Waals surface area contributed by atoms with Gasteiger partial charge in [-0.05, 0) is 11.1 Å². The zero-order valence-electron chi connectivity index (χ0n) is 12.4. The number of halogens is 3. The number of ketones is 1. The Morgan fingerprint density at radius 2 is 1.42 bits per heavy atom. The summed E-state index contributed by atoms with van der Waals surface area (Å²) in [6.07, 6.45) is -5.08. The highest BCUT2D eigenvalue weighted by Gasteiger charge is 2.48. The maximum Gasteiger partial charge on any atom is 0.450 e. The van der Waals surface area contributed by atoms with Gasteiger partial charge in [0.2, 0.25) is 12.3 Å². The van der Waals surface area contributed by atoms with E-state index < -0.39 is 35.3 Å². The number of Topliss-reactive ketones (excluding diaryl/α,β-unsaturated/α-hetero) is 1. The summed E-state index contributed by atoms with van der Waals surface area (Å²) in [7, 11) is 0. The van der Waals surface area contributed by atoms with Gasteiger partial charge >= 0.3 is 6.18 Å².